The topological polar surface area (TPSA) is 63.2 Å². The third-order valence-electron chi connectivity index (χ3n) is 6.34. The van der Waals surface area contributed by atoms with Gasteiger partial charge in [0.1, 0.15) is 0 Å². The first-order chi connectivity index (χ1) is 15.7. The van der Waals surface area contributed by atoms with Crippen LogP contribution in [0.25, 0.3) is 22.3 Å². The fraction of sp³-hybridized carbons (Fsp3) is 0.333. The lowest BCUT2D eigenvalue weighted by Gasteiger charge is -2.17. The third-order valence-corrected chi connectivity index (χ3v) is 6.34. The molecule has 2 amide bonds. The van der Waals surface area contributed by atoms with Crippen LogP contribution in [0.4, 0.5) is 5.69 Å². The lowest BCUT2D eigenvalue weighted by atomic mass is 9.85. The standard InChI is InChI=1S/C23H17N3O2.2C2H6/c27-22-19-14-5-6-15(11-14)20(19)23(28)26(22)17-9-7-13(8-10-17)21-24-12-16-3-1-2-4-18(16)25-21;2*1-2/h1-10,12,14-15,19-20H,11H2;2*1-2H3/t14?,15?,19-,20?;;/m1../s1. The van der Waals surface area contributed by atoms with Crippen LogP contribution in [0.3, 0.4) is 0 Å². The summed E-state index contributed by atoms with van der Waals surface area (Å²) in [7, 11) is 0. The Morgan fingerprint density at radius 3 is 2.03 bits per heavy atom. The molecule has 0 N–H and O–H groups in total. The molecule has 5 nitrogen and oxygen atoms in total. The maximum Gasteiger partial charge on any atom is 0.238 e. The summed E-state index contributed by atoms with van der Waals surface area (Å²) in [5.41, 5.74) is 2.38. The number of imide groups is 1. The van der Waals surface area contributed by atoms with Gasteiger partial charge in [-0.05, 0) is 48.6 Å². The van der Waals surface area contributed by atoms with Crippen molar-refractivity contribution < 1.29 is 9.59 Å². The Bertz CT molecular complexity index is 1140. The van der Waals surface area contributed by atoms with Crippen molar-refractivity contribution in [1.82, 2.24) is 9.97 Å². The van der Waals surface area contributed by atoms with Crippen molar-refractivity contribution in [2.45, 2.75) is 34.1 Å². The Kier molecular flexibility index (Phi) is 6.17. The van der Waals surface area contributed by atoms with Gasteiger partial charge in [0.25, 0.3) is 0 Å². The fourth-order valence-electron chi connectivity index (χ4n) is 5.03. The van der Waals surface area contributed by atoms with E-state index in [9.17, 15) is 9.59 Å². The number of benzene rings is 2. The summed E-state index contributed by atoms with van der Waals surface area (Å²) in [6.07, 6.45) is 6.98. The number of anilines is 1. The van der Waals surface area contributed by atoms with Gasteiger partial charge in [-0.2, -0.15) is 0 Å². The molecule has 2 fully saturated rings. The van der Waals surface area contributed by atoms with E-state index in [0.717, 1.165) is 22.9 Å². The Balaban J connectivity index is 0.000000582. The molecular weight excluding hydrogens is 398 g/mol. The molecule has 2 aromatic carbocycles. The van der Waals surface area contributed by atoms with Crippen molar-refractivity contribution in [3.05, 3.63) is 66.9 Å². The van der Waals surface area contributed by atoms with Gasteiger partial charge in [0.05, 0.1) is 23.0 Å². The quantitative estimate of drug-likeness (QED) is 0.391. The van der Waals surface area contributed by atoms with Gasteiger partial charge < -0.3 is 0 Å². The average molecular weight is 428 g/mol. The Labute approximate surface area is 189 Å². The number of carbonyl (C=O) groups is 2. The Hall–Kier alpha value is -3.34. The van der Waals surface area contributed by atoms with Crippen LogP contribution in [0.1, 0.15) is 34.1 Å². The van der Waals surface area contributed by atoms with Crippen molar-refractivity contribution in [3.63, 3.8) is 0 Å². The molecule has 3 unspecified atom stereocenters. The molecule has 1 aromatic heterocycles. The van der Waals surface area contributed by atoms with Crippen LogP contribution in [-0.4, -0.2) is 21.8 Å². The van der Waals surface area contributed by atoms with E-state index in [-0.39, 0.29) is 35.5 Å². The first-order valence-electron chi connectivity index (χ1n) is 11.6. The summed E-state index contributed by atoms with van der Waals surface area (Å²) in [4.78, 5) is 36.3. The van der Waals surface area contributed by atoms with Crippen LogP contribution in [0, 0.1) is 23.7 Å². The number of fused-ring (bicyclic) bond motifs is 6. The van der Waals surface area contributed by atoms with Gasteiger partial charge in [-0.1, -0.05) is 58.0 Å². The fourth-order valence-corrected chi connectivity index (χ4v) is 5.03. The second-order valence-electron chi connectivity index (χ2n) is 7.81. The van der Waals surface area contributed by atoms with E-state index in [1.54, 1.807) is 0 Å². The number of rotatable bonds is 2. The normalized spacial score (nSPS) is 24.7. The van der Waals surface area contributed by atoms with Crippen LogP contribution in [-0.2, 0) is 9.59 Å². The predicted octanol–water partition coefficient (Wildman–Crippen LogP) is 5.66. The third kappa shape index (κ3) is 3.42. The maximum atomic E-state index is 12.9. The molecule has 1 aliphatic heterocycles. The molecule has 4 atom stereocenters. The SMILES string of the molecule is CC.CC.O=C1C2C3C=CC(C3)[C@H]2C(=O)N1c1ccc(-c2ncc3ccccc3n2)cc1. The lowest BCUT2D eigenvalue weighted by Crippen LogP contribution is -2.32. The highest BCUT2D eigenvalue weighted by molar-refractivity contribution is 6.22. The molecule has 3 aromatic rings. The number of allylic oxidation sites excluding steroid dienone is 2. The molecule has 2 heterocycles. The summed E-state index contributed by atoms with van der Waals surface area (Å²) in [6.45, 7) is 8.00. The molecule has 2 bridgehead atoms. The molecule has 0 spiro atoms. The molecular formula is C27H29N3O2. The maximum absolute atomic E-state index is 12.9. The second kappa shape index (κ2) is 9.03. The molecule has 0 radical (unpaired) electrons. The van der Waals surface area contributed by atoms with E-state index in [1.807, 2.05) is 82.4 Å². The molecule has 1 saturated heterocycles. The predicted molar refractivity (Wildman–Crippen MR) is 128 cm³/mol. The molecule has 32 heavy (non-hydrogen) atoms. The van der Waals surface area contributed by atoms with E-state index < -0.39 is 0 Å². The minimum atomic E-state index is -0.175. The second-order valence-corrected chi connectivity index (χ2v) is 7.81. The van der Waals surface area contributed by atoms with Crippen molar-refractivity contribution in [2.24, 2.45) is 23.7 Å². The van der Waals surface area contributed by atoms with E-state index in [2.05, 4.69) is 22.1 Å². The van der Waals surface area contributed by atoms with Gasteiger partial charge in [0.2, 0.25) is 11.8 Å². The van der Waals surface area contributed by atoms with Gasteiger partial charge in [0.15, 0.2) is 5.82 Å². The summed E-state index contributed by atoms with van der Waals surface area (Å²) >= 11 is 0. The zero-order chi connectivity index (χ0) is 22.8. The van der Waals surface area contributed by atoms with Crippen molar-refractivity contribution >= 4 is 28.4 Å². The number of amides is 2. The molecule has 164 valence electrons. The van der Waals surface area contributed by atoms with E-state index in [0.29, 0.717) is 11.5 Å². The van der Waals surface area contributed by atoms with Crippen molar-refractivity contribution in [3.8, 4) is 11.4 Å². The summed E-state index contributed by atoms with van der Waals surface area (Å²) in [5, 5.41) is 0.992. The number of para-hydroxylation sites is 1. The molecule has 3 aliphatic rings. The average Bonchev–Trinajstić information content (AvgIpc) is 3.55. The summed E-state index contributed by atoms with van der Waals surface area (Å²) < 4.78 is 0. The van der Waals surface area contributed by atoms with Crippen LogP contribution < -0.4 is 4.90 Å². The Morgan fingerprint density at radius 1 is 0.812 bits per heavy atom. The van der Waals surface area contributed by atoms with Gasteiger partial charge >= 0.3 is 0 Å². The van der Waals surface area contributed by atoms with Gasteiger partial charge in [-0.3, -0.25) is 14.5 Å². The molecule has 5 heteroatoms. The molecule has 2 aliphatic carbocycles. The smallest absolute Gasteiger partial charge is 0.238 e. The van der Waals surface area contributed by atoms with Gasteiger partial charge in [0, 0.05) is 17.1 Å². The number of nitrogens with zero attached hydrogens (tertiary/aromatic N) is 3. The highest BCUT2D eigenvalue weighted by atomic mass is 16.2. The number of aromatic nitrogens is 2. The van der Waals surface area contributed by atoms with Gasteiger partial charge in [-0.15, -0.1) is 0 Å². The van der Waals surface area contributed by atoms with E-state index in [1.165, 1.54) is 4.90 Å². The van der Waals surface area contributed by atoms with E-state index >= 15 is 0 Å². The summed E-state index contributed by atoms with van der Waals surface area (Å²) in [5.74, 6) is 0.618. The number of hydrogen-bond acceptors (Lipinski definition) is 4. The lowest BCUT2D eigenvalue weighted by molar-refractivity contribution is -0.123. The van der Waals surface area contributed by atoms with E-state index in [4.69, 9.17) is 0 Å². The highest BCUT2D eigenvalue weighted by Crippen LogP contribution is 2.53. The zero-order valence-corrected chi connectivity index (χ0v) is 19.0. The van der Waals surface area contributed by atoms with Crippen LogP contribution in [0.5, 0.6) is 0 Å². The number of carbonyl (C=O) groups excluding carboxylic acids is 2. The van der Waals surface area contributed by atoms with Crippen molar-refractivity contribution in [1.29, 1.82) is 0 Å². The minimum Gasteiger partial charge on any atom is -0.274 e. The first-order valence-corrected chi connectivity index (χ1v) is 11.6. The largest absolute Gasteiger partial charge is 0.274 e. The van der Waals surface area contributed by atoms with Crippen molar-refractivity contribution in [2.75, 3.05) is 4.90 Å². The zero-order valence-electron chi connectivity index (χ0n) is 19.0. The van der Waals surface area contributed by atoms with Crippen LogP contribution in [0.2, 0.25) is 0 Å². The monoisotopic (exact) mass is 427 g/mol. The highest BCUT2D eigenvalue weighted by Gasteiger charge is 2.59. The molecule has 6 rings (SSSR count). The van der Waals surface area contributed by atoms with Gasteiger partial charge in [-0.25, -0.2) is 9.97 Å². The summed E-state index contributed by atoms with van der Waals surface area (Å²) in [6, 6.07) is 15.2. The van der Waals surface area contributed by atoms with Crippen LogP contribution >= 0.6 is 0 Å². The first kappa shape index (κ1) is 21.9. The number of hydrogen-bond donors (Lipinski definition) is 0. The Morgan fingerprint density at radius 2 is 1.41 bits per heavy atom. The minimum absolute atomic E-state index is 0.0541. The van der Waals surface area contributed by atoms with Crippen LogP contribution in [0.15, 0.2) is 66.9 Å². The molecule has 1 saturated carbocycles.